The van der Waals surface area contributed by atoms with Crippen LogP contribution >= 0.6 is 0 Å². The third-order valence-corrected chi connectivity index (χ3v) is 1.94. The molecule has 0 radical (unpaired) electrons. The average molecular weight is 163 g/mol. The van der Waals surface area contributed by atoms with Crippen molar-refractivity contribution in [3.05, 3.63) is 0 Å². The van der Waals surface area contributed by atoms with Crippen LogP contribution in [0.25, 0.3) is 0 Å². The Labute approximate surface area is 64.3 Å². The standard InChI is InChI=1S/C6H13NO4/c8-2-3-5(10)6(11)4(9)1-7-3/h3-11H,1-2H2/t3?,4?,5?,6-/m0/s1. The van der Waals surface area contributed by atoms with E-state index in [2.05, 4.69) is 5.32 Å². The van der Waals surface area contributed by atoms with Crippen LogP contribution in [0.3, 0.4) is 0 Å². The summed E-state index contributed by atoms with van der Waals surface area (Å²) in [6.45, 7) is -0.0472. The summed E-state index contributed by atoms with van der Waals surface area (Å²) in [6, 6.07) is -0.534. The minimum Gasteiger partial charge on any atom is -0.395 e. The average Bonchev–Trinajstić information content (AvgIpc) is 2.01. The number of β-amino-alcohol motifs (C(OH)–C–C–N with tert-alkyl or cyclic N) is 1. The molecule has 1 heterocycles. The predicted octanol–water partition coefficient (Wildman–Crippen LogP) is -2.97. The summed E-state index contributed by atoms with van der Waals surface area (Å²) in [6.07, 6.45) is -3.20. The lowest BCUT2D eigenvalue weighted by Crippen LogP contribution is -2.60. The van der Waals surface area contributed by atoms with Crippen molar-refractivity contribution in [3.8, 4) is 0 Å². The molecular weight excluding hydrogens is 150 g/mol. The van der Waals surface area contributed by atoms with Gasteiger partial charge in [-0.1, -0.05) is 0 Å². The van der Waals surface area contributed by atoms with Crippen LogP contribution in [0.2, 0.25) is 0 Å². The van der Waals surface area contributed by atoms with E-state index in [1.54, 1.807) is 0 Å². The molecule has 3 unspecified atom stereocenters. The molecule has 0 aliphatic carbocycles. The molecule has 0 amide bonds. The Morgan fingerprint density at radius 1 is 1.18 bits per heavy atom. The highest BCUT2D eigenvalue weighted by Crippen LogP contribution is 2.09. The van der Waals surface area contributed by atoms with E-state index in [1.165, 1.54) is 0 Å². The fourth-order valence-corrected chi connectivity index (χ4v) is 1.15. The van der Waals surface area contributed by atoms with Gasteiger partial charge in [-0.3, -0.25) is 0 Å². The van der Waals surface area contributed by atoms with Crippen molar-refractivity contribution in [2.45, 2.75) is 24.4 Å². The molecule has 5 N–H and O–H groups in total. The summed E-state index contributed by atoms with van der Waals surface area (Å²) in [5.74, 6) is 0. The van der Waals surface area contributed by atoms with Crippen LogP contribution in [-0.2, 0) is 0 Å². The van der Waals surface area contributed by atoms with E-state index < -0.39 is 24.4 Å². The Morgan fingerprint density at radius 2 is 1.82 bits per heavy atom. The van der Waals surface area contributed by atoms with Gasteiger partial charge in [0.2, 0.25) is 0 Å². The molecule has 5 heteroatoms. The van der Waals surface area contributed by atoms with Gasteiger partial charge in [-0.15, -0.1) is 0 Å². The maximum atomic E-state index is 9.18. The number of hydrogen-bond donors (Lipinski definition) is 5. The zero-order chi connectivity index (χ0) is 8.43. The van der Waals surface area contributed by atoms with E-state index in [0.29, 0.717) is 0 Å². The Hall–Kier alpha value is -0.200. The van der Waals surface area contributed by atoms with Crippen molar-refractivity contribution in [2.75, 3.05) is 13.2 Å². The van der Waals surface area contributed by atoms with Crippen LogP contribution in [0.1, 0.15) is 0 Å². The maximum Gasteiger partial charge on any atom is 0.109 e. The second kappa shape index (κ2) is 3.46. The first-order valence-electron chi connectivity index (χ1n) is 3.55. The molecule has 1 rings (SSSR count). The Balaban J connectivity index is 2.52. The quantitative estimate of drug-likeness (QED) is 0.285. The smallest absolute Gasteiger partial charge is 0.109 e. The molecule has 66 valence electrons. The van der Waals surface area contributed by atoms with E-state index in [-0.39, 0.29) is 13.2 Å². The molecule has 0 bridgehead atoms. The summed E-state index contributed by atoms with van der Waals surface area (Å²) in [4.78, 5) is 0. The van der Waals surface area contributed by atoms with Gasteiger partial charge >= 0.3 is 0 Å². The lowest BCUT2D eigenvalue weighted by atomic mass is 9.97. The minimum atomic E-state index is -1.16. The van der Waals surface area contributed by atoms with Crippen molar-refractivity contribution in [1.29, 1.82) is 0 Å². The van der Waals surface area contributed by atoms with E-state index >= 15 is 0 Å². The molecule has 0 aromatic rings. The molecule has 1 saturated heterocycles. The molecule has 0 aromatic heterocycles. The van der Waals surface area contributed by atoms with Gasteiger partial charge in [-0.25, -0.2) is 0 Å². The van der Waals surface area contributed by atoms with E-state index in [4.69, 9.17) is 15.3 Å². The van der Waals surface area contributed by atoms with Gasteiger partial charge in [-0.05, 0) is 0 Å². The van der Waals surface area contributed by atoms with Gasteiger partial charge in [0.1, 0.15) is 6.10 Å². The van der Waals surface area contributed by atoms with Crippen molar-refractivity contribution in [3.63, 3.8) is 0 Å². The lowest BCUT2D eigenvalue weighted by Gasteiger charge is -2.34. The third-order valence-electron chi connectivity index (χ3n) is 1.94. The van der Waals surface area contributed by atoms with Crippen LogP contribution < -0.4 is 5.32 Å². The number of rotatable bonds is 1. The third kappa shape index (κ3) is 1.69. The van der Waals surface area contributed by atoms with Crippen molar-refractivity contribution in [2.24, 2.45) is 0 Å². The van der Waals surface area contributed by atoms with Crippen molar-refractivity contribution in [1.82, 2.24) is 5.32 Å². The molecule has 0 aromatic carbocycles. The largest absolute Gasteiger partial charge is 0.395 e. The molecule has 5 nitrogen and oxygen atoms in total. The second-order valence-corrected chi connectivity index (χ2v) is 2.75. The topological polar surface area (TPSA) is 93.0 Å². The molecule has 0 saturated carbocycles. The monoisotopic (exact) mass is 163 g/mol. The van der Waals surface area contributed by atoms with Crippen LogP contribution in [0.15, 0.2) is 0 Å². The summed E-state index contributed by atoms with van der Waals surface area (Å²) < 4.78 is 0. The normalized spacial score (nSPS) is 45.8. The van der Waals surface area contributed by atoms with Gasteiger partial charge < -0.3 is 25.7 Å². The van der Waals surface area contributed by atoms with Crippen LogP contribution in [0.5, 0.6) is 0 Å². The molecule has 1 aliphatic heterocycles. The minimum absolute atomic E-state index is 0.198. The molecule has 1 fully saturated rings. The fraction of sp³-hybridized carbons (Fsp3) is 1.00. The van der Waals surface area contributed by atoms with Crippen molar-refractivity contribution >= 4 is 0 Å². The molecular formula is C6H13NO4. The summed E-state index contributed by atoms with van der Waals surface area (Å²) in [7, 11) is 0. The fourth-order valence-electron chi connectivity index (χ4n) is 1.15. The molecule has 4 atom stereocenters. The van der Waals surface area contributed by atoms with E-state index in [0.717, 1.165) is 0 Å². The highest BCUT2D eigenvalue weighted by Gasteiger charge is 2.35. The number of nitrogens with one attached hydrogen (secondary N) is 1. The highest BCUT2D eigenvalue weighted by atomic mass is 16.4. The predicted molar refractivity (Wildman–Crippen MR) is 36.9 cm³/mol. The Bertz CT molecular complexity index is 130. The number of piperidine rings is 1. The summed E-state index contributed by atoms with van der Waals surface area (Å²) in [5, 5.41) is 38.6. The Morgan fingerprint density at radius 3 is 2.36 bits per heavy atom. The zero-order valence-corrected chi connectivity index (χ0v) is 6.01. The maximum absolute atomic E-state index is 9.18. The van der Waals surface area contributed by atoms with Crippen LogP contribution in [0, 0.1) is 0 Å². The van der Waals surface area contributed by atoms with Gasteiger partial charge in [0.15, 0.2) is 0 Å². The van der Waals surface area contributed by atoms with Crippen LogP contribution in [-0.4, -0.2) is 57.9 Å². The number of aliphatic hydroxyl groups is 4. The van der Waals surface area contributed by atoms with Gasteiger partial charge in [0, 0.05) is 6.54 Å². The first kappa shape index (κ1) is 8.89. The Kier molecular flexibility index (Phi) is 2.80. The summed E-state index contributed by atoms with van der Waals surface area (Å²) in [5.41, 5.74) is 0. The molecule has 1 aliphatic rings. The number of aliphatic hydroxyl groups excluding tert-OH is 4. The lowest BCUT2D eigenvalue weighted by molar-refractivity contribution is -0.101. The van der Waals surface area contributed by atoms with Gasteiger partial charge in [0.25, 0.3) is 0 Å². The first-order valence-corrected chi connectivity index (χ1v) is 3.55. The van der Waals surface area contributed by atoms with Crippen molar-refractivity contribution < 1.29 is 20.4 Å². The van der Waals surface area contributed by atoms with E-state index in [1.807, 2.05) is 0 Å². The van der Waals surface area contributed by atoms with Crippen LogP contribution in [0.4, 0.5) is 0 Å². The zero-order valence-electron chi connectivity index (χ0n) is 6.01. The van der Waals surface area contributed by atoms with E-state index in [9.17, 15) is 5.11 Å². The summed E-state index contributed by atoms with van der Waals surface area (Å²) >= 11 is 0. The second-order valence-electron chi connectivity index (χ2n) is 2.75. The molecule has 0 spiro atoms. The SMILES string of the molecule is OCC1NCC(O)[C@H](O)C1O. The molecule has 11 heavy (non-hydrogen) atoms. The highest BCUT2D eigenvalue weighted by molar-refractivity contribution is 4.91. The van der Waals surface area contributed by atoms with Gasteiger partial charge in [-0.2, -0.15) is 0 Å². The number of hydrogen-bond acceptors (Lipinski definition) is 5. The first-order chi connectivity index (χ1) is 5.16. The van der Waals surface area contributed by atoms with Gasteiger partial charge in [0.05, 0.1) is 24.9 Å².